The fourth-order valence-electron chi connectivity index (χ4n) is 4.17. The third-order valence-electron chi connectivity index (χ3n) is 6.07. The van der Waals surface area contributed by atoms with Gasteiger partial charge in [-0.15, -0.1) is 0 Å². The van der Waals surface area contributed by atoms with Crippen LogP contribution in [0.5, 0.6) is 5.75 Å². The van der Waals surface area contributed by atoms with Crippen LogP contribution >= 0.6 is 0 Å². The van der Waals surface area contributed by atoms with Crippen LogP contribution in [0.3, 0.4) is 0 Å². The molecule has 0 aliphatic heterocycles. The van der Waals surface area contributed by atoms with E-state index in [1.54, 1.807) is 0 Å². The molecule has 2 aromatic rings. The van der Waals surface area contributed by atoms with Gasteiger partial charge in [0.25, 0.3) is 0 Å². The third kappa shape index (κ3) is 18.9. The summed E-state index contributed by atoms with van der Waals surface area (Å²) < 4.78 is 10.9. The quantitative estimate of drug-likeness (QED) is 0.130. The summed E-state index contributed by atoms with van der Waals surface area (Å²) >= 11 is 0. The number of methoxy groups -OCH3 is 1. The molecule has 41 heavy (non-hydrogen) atoms. The van der Waals surface area contributed by atoms with E-state index in [2.05, 4.69) is 75.6 Å². The maximum atomic E-state index is 12.0. The molecule has 4 rings (SSSR count). The molecule has 0 N–H and O–H groups in total. The van der Waals surface area contributed by atoms with Crippen LogP contribution in [-0.2, 0) is 35.6 Å². The summed E-state index contributed by atoms with van der Waals surface area (Å²) in [5, 5.41) is 0. The van der Waals surface area contributed by atoms with Gasteiger partial charge in [-0.25, -0.2) is 38.2 Å². The smallest absolute Gasteiger partial charge is 0.489 e. The molecule has 2 aromatic carbocycles. The summed E-state index contributed by atoms with van der Waals surface area (Å²) in [4.78, 5) is 12.0. The van der Waals surface area contributed by atoms with E-state index in [0.29, 0.717) is 12.5 Å². The second kappa shape index (κ2) is 22.7. The van der Waals surface area contributed by atoms with Crippen molar-refractivity contribution in [2.24, 2.45) is 11.8 Å². The van der Waals surface area contributed by atoms with E-state index in [0.717, 1.165) is 22.5 Å². The first-order valence-electron chi connectivity index (χ1n) is 14.2. The maximum Gasteiger partial charge on any atom is 2.00 e. The Morgan fingerprint density at radius 2 is 1.37 bits per heavy atom. The van der Waals surface area contributed by atoms with Gasteiger partial charge < -0.3 is 9.47 Å². The van der Waals surface area contributed by atoms with Crippen molar-refractivity contribution < 1.29 is 33.7 Å². The Hall–Kier alpha value is -2.97. The number of hydrogen-bond donors (Lipinski definition) is 0. The van der Waals surface area contributed by atoms with Gasteiger partial charge in [0.05, 0.1) is 13.0 Å². The van der Waals surface area contributed by atoms with E-state index in [-0.39, 0.29) is 37.3 Å². The maximum absolute atomic E-state index is 12.0. The number of carbonyl (C=O) groups is 1. The Balaban J connectivity index is 0.000000774. The molecule has 0 aromatic heterocycles. The van der Waals surface area contributed by atoms with E-state index < -0.39 is 0 Å². The second-order valence-electron chi connectivity index (χ2n) is 10.5. The van der Waals surface area contributed by atoms with Crippen molar-refractivity contribution in [2.45, 2.75) is 71.8 Å². The minimum absolute atomic E-state index is 0. The van der Waals surface area contributed by atoms with Gasteiger partial charge in [-0.2, -0.15) is 0 Å². The molecule has 2 atom stereocenters. The van der Waals surface area contributed by atoms with Crippen molar-refractivity contribution in [3.63, 3.8) is 0 Å². The summed E-state index contributed by atoms with van der Waals surface area (Å²) in [6.07, 6.45) is 16.4. The van der Waals surface area contributed by atoms with Gasteiger partial charge >= 0.3 is 25.4 Å². The molecule has 1 fully saturated rings. The van der Waals surface area contributed by atoms with Crippen molar-refractivity contribution in [3.8, 4) is 5.75 Å². The summed E-state index contributed by atoms with van der Waals surface area (Å²) in [6.45, 7) is 20.0. The summed E-state index contributed by atoms with van der Waals surface area (Å²) in [5.41, 5.74) is 4.14. The minimum atomic E-state index is -0.137. The van der Waals surface area contributed by atoms with E-state index in [1.807, 2.05) is 51.1 Å². The van der Waals surface area contributed by atoms with Crippen molar-refractivity contribution in [1.29, 1.82) is 0 Å². The van der Waals surface area contributed by atoms with Gasteiger partial charge in [0, 0.05) is 0 Å². The molecule has 1 saturated carbocycles. The van der Waals surface area contributed by atoms with E-state index in [1.165, 1.54) is 51.2 Å². The van der Waals surface area contributed by atoms with E-state index in [4.69, 9.17) is 9.47 Å². The molecule has 0 spiro atoms. The van der Waals surface area contributed by atoms with Crippen LogP contribution in [-0.4, -0.2) is 13.1 Å². The number of ether oxygens (including phenoxy) is 2. The first-order chi connectivity index (χ1) is 19.1. The number of carbonyl (C=O) groups excluding carboxylic acids is 1. The number of hydrogen-bond acceptors (Lipinski definition) is 3. The normalized spacial score (nSPS) is 15.4. The zero-order valence-corrected chi connectivity index (χ0v) is 27.3. The molecule has 4 heteroatoms. The monoisotopic (exact) mass is 644 g/mol. The number of esters is 1. The molecule has 2 aliphatic rings. The predicted molar refractivity (Wildman–Crippen MR) is 171 cm³/mol. The second-order valence-corrected chi connectivity index (χ2v) is 10.5. The van der Waals surface area contributed by atoms with Crippen molar-refractivity contribution in [2.75, 3.05) is 7.11 Å². The van der Waals surface area contributed by atoms with Gasteiger partial charge in [-0.05, 0) is 73.6 Å². The fourth-order valence-corrected chi connectivity index (χ4v) is 4.17. The Bertz CT molecular complexity index is 1020. The number of rotatable bonds is 7. The van der Waals surface area contributed by atoms with E-state index >= 15 is 0 Å². The van der Waals surface area contributed by atoms with Crippen LogP contribution < -0.4 is 4.74 Å². The van der Waals surface area contributed by atoms with Crippen LogP contribution in [0.15, 0.2) is 103 Å². The molecular weight excluding hydrogens is 593 g/mol. The Kier molecular flexibility index (Phi) is 21.0. The average Bonchev–Trinajstić information content (AvgIpc) is 3.72. The summed E-state index contributed by atoms with van der Waals surface area (Å²) in [7, 11) is 1.46. The largest absolute Gasteiger partial charge is 2.00 e. The number of allylic oxidation sites excluding steroid dienone is 6. The summed E-state index contributed by atoms with van der Waals surface area (Å²) in [6, 6.07) is 18.3. The zero-order chi connectivity index (χ0) is 29.8. The van der Waals surface area contributed by atoms with Gasteiger partial charge in [0.1, 0.15) is 12.4 Å². The van der Waals surface area contributed by atoms with Crippen LogP contribution in [0, 0.1) is 25.7 Å². The van der Waals surface area contributed by atoms with Crippen LogP contribution in [0.2, 0.25) is 0 Å². The SMILES string of the molecule is C1=CCC/C=C\CC1.C=C([CH2-])C.C=C([CH2-])C.COC(=O)[C@@H](C)[C@H](c1cccc(OCc2ccccc2)c1)C1CC1.[Ru+2]. The van der Waals surface area contributed by atoms with Crippen molar-refractivity contribution in [3.05, 3.63) is 128 Å². The molecule has 0 saturated heterocycles. The number of benzene rings is 2. The van der Waals surface area contributed by atoms with E-state index in [9.17, 15) is 4.79 Å². The molecule has 2 aliphatic carbocycles. The van der Waals surface area contributed by atoms with Crippen LogP contribution in [0.4, 0.5) is 0 Å². The standard InChI is InChI=1S/C21H24O3.C8H12.2C4H7.Ru/c1-15(21(22)23-2)20(17-11-12-17)18-9-6-10-19(13-18)24-14-16-7-4-3-5-8-16;1-2-4-6-8-7-5-3-1;2*1-4(2)3;/h3-10,13,15,17,20H,11-12,14H2,1-2H3;1-2,7-8H,3-6H2;2*1-2H2,3H3;/q;;2*-1;+2/b;2-1-,8-7?;;;/t15-,20-;;;;/m0..../s1. The Labute approximate surface area is 263 Å². The van der Waals surface area contributed by atoms with Gasteiger partial charge in [-0.1, -0.05) is 87.5 Å². The first-order valence-corrected chi connectivity index (χ1v) is 14.2. The molecule has 0 amide bonds. The average molecular weight is 644 g/mol. The molecule has 0 unspecified atom stereocenters. The molecule has 0 heterocycles. The third-order valence-corrected chi connectivity index (χ3v) is 6.07. The van der Waals surface area contributed by atoms with Crippen LogP contribution in [0.25, 0.3) is 0 Å². The van der Waals surface area contributed by atoms with Gasteiger partial charge in [0.2, 0.25) is 0 Å². The molecule has 224 valence electrons. The first kappa shape index (κ1) is 38.0. The Morgan fingerprint density at radius 3 is 1.80 bits per heavy atom. The Morgan fingerprint density at radius 1 is 0.878 bits per heavy atom. The topological polar surface area (TPSA) is 35.5 Å². The van der Waals surface area contributed by atoms with Crippen molar-refractivity contribution >= 4 is 5.97 Å². The van der Waals surface area contributed by atoms with Crippen LogP contribution in [0.1, 0.15) is 76.3 Å². The minimum Gasteiger partial charge on any atom is -0.489 e. The van der Waals surface area contributed by atoms with Crippen molar-refractivity contribution in [1.82, 2.24) is 0 Å². The predicted octanol–water partition coefficient (Wildman–Crippen LogP) is 10.0. The van der Waals surface area contributed by atoms with Gasteiger partial charge in [-0.3, -0.25) is 4.79 Å². The summed E-state index contributed by atoms with van der Waals surface area (Å²) in [5.74, 6) is 1.36. The molecule has 0 bridgehead atoms. The molecular formula is C37H50O3Ru. The molecule has 0 radical (unpaired) electrons. The van der Waals surface area contributed by atoms with Gasteiger partial charge in [0.15, 0.2) is 0 Å². The fraction of sp³-hybridized carbons (Fsp3) is 0.378. The molecule has 3 nitrogen and oxygen atoms in total. The zero-order valence-electron chi connectivity index (χ0n) is 25.6.